The van der Waals surface area contributed by atoms with Crippen molar-refractivity contribution in [2.45, 2.75) is 13.3 Å². The molecule has 0 aromatic heterocycles. The van der Waals surface area contributed by atoms with Crippen LogP contribution in [0.3, 0.4) is 0 Å². The minimum absolute atomic E-state index is 0.286. The molecule has 0 heterocycles. The van der Waals surface area contributed by atoms with E-state index >= 15 is 0 Å². The highest BCUT2D eigenvalue weighted by Gasteiger charge is 2.02. The van der Waals surface area contributed by atoms with Gasteiger partial charge in [-0.25, -0.2) is 10.3 Å². The number of ether oxygens (including phenoxy) is 1. The molecule has 0 radical (unpaired) electrons. The van der Waals surface area contributed by atoms with Gasteiger partial charge in [-0.1, -0.05) is 13.0 Å². The number of hydrogen-bond acceptors (Lipinski definition) is 3. The van der Waals surface area contributed by atoms with Crippen molar-refractivity contribution in [3.63, 3.8) is 0 Å². The molecule has 1 aromatic carbocycles. The van der Waals surface area contributed by atoms with Gasteiger partial charge in [0.25, 0.3) is 0 Å². The third-order valence-electron chi connectivity index (χ3n) is 2.06. The zero-order chi connectivity index (χ0) is 11.1. The molecule has 1 atom stereocenters. The number of nitrogens with two attached hydrogens (primary N) is 1. The molecule has 0 fully saturated rings. The second-order valence-corrected chi connectivity index (χ2v) is 3.53. The van der Waals surface area contributed by atoms with Crippen molar-refractivity contribution in [1.29, 1.82) is 0 Å². The van der Waals surface area contributed by atoms with Gasteiger partial charge in [-0.3, -0.25) is 0 Å². The summed E-state index contributed by atoms with van der Waals surface area (Å²) >= 11 is 0. The van der Waals surface area contributed by atoms with Crippen molar-refractivity contribution in [2.24, 2.45) is 11.8 Å². The van der Waals surface area contributed by atoms with Gasteiger partial charge in [-0.15, -0.1) is 0 Å². The summed E-state index contributed by atoms with van der Waals surface area (Å²) in [6.07, 6.45) is 0.827. The Labute approximate surface area is 88.9 Å². The maximum Gasteiger partial charge on any atom is 0.126 e. The first-order valence-corrected chi connectivity index (χ1v) is 4.92. The van der Waals surface area contributed by atoms with E-state index in [-0.39, 0.29) is 5.82 Å². The van der Waals surface area contributed by atoms with E-state index in [0.29, 0.717) is 24.9 Å². The predicted molar refractivity (Wildman–Crippen MR) is 55.8 cm³/mol. The first-order valence-electron chi connectivity index (χ1n) is 4.92. The van der Waals surface area contributed by atoms with Crippen LogP contribution >= 0.6 is 0 Å². The summed E-state index contributed by atoms with van der Waals surface area (Å²) in [5.41, 5.74) is 0. The van der Waals surface area contributed by atoms with E-state index in [1.54, 1.807) is 12.1 Å². The molecule has 0 bridgehead atoms. The second-order valence-electron chi connectivity index (χ2n) is 3.53. The van der Waals surface area contributed by atoms with Crippen LogP contribution in [0.15, 0.2) is 24.3 Å². The zero-order valence-corrected chi connectivity index (χ0v) is 8.78. The Morgan fingerprint density at radius 2 is 2.27 bits per heavy atom. The normalized spacial score (nSPS) is 12.5. The molecule has 15 heavy (non-hydrogen) atoms. The Balaban J connectivity index is 2.25. The highest BCUT2D eigenvalue weighted by atomic mass is 19.1. The topological polar surface area (TPSA) is 44.5 Å². The minimum Gasteiger partial charge on any atom is -0.493 e. The van der Waals surface area contributed by atoms with Gasteiger partial charge in [0.15, 0.2) is 0 Å². The van der Waals surface area contributed by atoms with Crippen LogP contribution in [0.1, 0.15) is 13.3 Å². The number of benzene rings is 1. The van der Waals surface area contributed by atoms with Gasteiger partial charge in [-0.05, 0) is 24.5 Å². The van der Waals surface area contributed by atoms with Crippen molar-refractivity contribution < 1.29 is 14.0 Å². The van der Waals surface area contributed by atoms with E-state index in [4.69, 9.17) is 10.6 Å². The quantitative estimate of drug-likeness (QED) is 0.736. The molecular weight excluding hydrogens is 197 g/mol. The van der Waals surface area contributed by atoms with Crippen LogP contribution in [-0.4, -0.2) is 13.2 Å². The Morgan fingerprint density at radius 1 is 1.47 bits per heavy atom. The predicted octanol–water partition coefficient (Wildman–Crippen LogP) is 2.12. The Kier molecular flexibility index (Phi) is 5.07. The summed E-state index contributed by atoms with van der Waals surface area (Å²) in [4.78, 5) is 4.51. The Morgan fingerprint density at radius 3 is 2.93 bits per heavy atom. The summed E-state index contributed by atoms with van der Waals surface area (Å²) in [5, 5.41) is 0. The fourth-order valence-corrected chi connectivity index (χ4v) is 1.18. The standard InChI is InChI=1S/C11H16FNO2/c1-9(8-15-13)5-6-14-11-4-2-3-10(12)7-11/h2-4,7,9H,5-6,8,13H2,1H3. The fourth-order valence-electron chi connectivity index (χ4n) is 1.18. The molecule has 84 valence electrons. The number of halogens is 1. The lowest BCUT2D eigenvalue weighted by atomic mass is 10.1. The largest absolute Gasteiger partial charge is 0.493 e. The average molecular weight is 213 g/mol. The maximum absolute atomic E-state index is 12.8. The van der Waals surface area contributed by atoms with E-state index in [1.165, 1.54) is 12.1 Å². The highest BCUT2D eigenvalue weighted by Crippen LogP contribution is 2.13. The van der Waals surface area contributed by atoms with Crippen LogP contribution < -0.4 is 10.6 Å². The first-order chi connectivity index (χ1) is 7.22. The molecule has 0 amide bonds. The molecule has 0 saturated carbocycles. The fraction of sp³-hybridized carbons (Fsp3) is 0.455. The van der Waals surface area contributed by atoms with Crippen LogP contribution in [0.4, 0.5) is 4.39 Å². The molecule has 1 unspecified atom stereocenters. The van der Waals surface area contributed by atoms with Gasteiger partial charge >= 0.3 is 0 Å². The van der Waals surface area contributed by atoms with Gasteiger partial charge in [0, 0.05) is 6.07 Å². The van der Waals surface area contributed by atoms with E-state index in [1.807, 2.05) is 6.92 Å². The number of hydrogen-bond donors (Lipinski definition) is 1. The first kappa shape index (κ1) is 11.9. The highest BCUT2D eigenvalue weighted by molar-refractivity contribution is 5.22. The van der Waals surface area contributed by atoms with Gasteiger partial charge < -0.3 is 9.57 Å². The summed E-state index contributed by atoms with van der Waals surface area (Å²) in [7, 11) is 0. The van der Waals surface area contributed by atoms with Crippen LogP contribution in [0.2, 0.25) is 0 Å². The zero-order valence-electron chi connectivity index (χ0n) is 8.78. The molecule has 1 aromatic rings. The lowest BCUT2D eigenvalue weighted by Crippen LogP contribution is -2.13. The van der Waals surface area contributed by atoms with Crippen molar-refractivity contribution >= 4 is 0 Å². The smallest absolute Gasteiger partial charge is 0.126 e. The van der Waals surface area contributed by atoms with E-state index < -0.39 is 0 Å². The Hall–Kier alpha value is -1.13. The van der Waals surface area contributed by atoms with Gasteiger partial charge in [0.2, 0.25) is 0 Å². The molecule has 0 aliphatic heterocycles. The summed E-state index contributed by atoms with van der Waals surface area (Å²) in [5.74, 6) is 5.54. The van der Waals surface area contributed by atoms with Gasteiger partial charge in [0.05, 0.1) is 13.2 Å². The average Bonchev–Trinajstić information content (AvgIpc) is 2.18. The van der Waals surface area contributed by atoms with Crippen molar-refractivity contribution in [1.82, 2.24) is 0 Å². The number of rotatable bonds is 6. The van der Waals surface area contributed by atoms with Crippen LogP contribution in [0, 0.1) is 11.7 Å². The van der Waals surface area contributed by atoms with Crippen molar-refractivity contribution in [2.75, 3.05) is 13.2 Å². The van der Waals surface area contributed by atoms with Gasteiger partial charge in [0.1, 0.15) is 11.6 Å². The molecule has 4 heteroatoms. The molecule has 0 aliphatic carbocycles. The maximum atomic E-state index is 12.8. The van der Waals surface area contributed by atoms with E-state index in [2.05, 4.69) is 4.84 Å². The minimum atomic E-state index is -0.286. The molecule has 0 spiro atoms. The molecule has 1 rings (SSSR count). The SMILES string of the molecule is CC(CCOc1cccc(F)c1)CON. The van der Waals surface area contributed by atoms with Crippen LogP contribution in [0.25, 0.3) is 0 Å². The third kappa shape index (κ3) is 4.76. The summed E-state index contributed by atoms with van der Waals surface area (Å²) in [6.45, 7) is 3.06. The third-order valence-corrected chi connectivity index (χ3v) is 2.06. The monoisotopic (exact) mass is 213 g/mol. The van der Waals surface area contributed by atoms with Gasteiger partial charge in [-0.2, -0.15) is 0 Å². The van der Waals surface area contributed by atoms with E-state index in [0.717, 1.165) is 6.42 Å². The molecule has 0 aliphatic rings. The lowest BCUT2D eigenvalue weighted by molar-refractivity contribution is 0.0977. The summed E-state index contributed by atoms with van der Waals surface area (Å²) in [6, 6.07) is 6.10. The second kappa shape index (κ2) is 6.37. The molecule has 3 nitrogen and oxygen atoms in total. The lowest BCUT2D eigenvalue weighted by Gasteiger charge is -2.10. The molecular formula is C11H16FNO2. The Bertz CT molecular complexity index is 294. The molecule has 0 saturated heterocycles. The van der Waals surface area contributed by atoms with Crippen LogP contribution in [0.5, 0.6) is 5.75 Å². The molecule has 2 N–H and O–H groups in total. The summed E-state index contributed by atoms with van der Waals surface area (Å²) < 4.78 is 18.1. The van der Waals surface area contributed by atoms with Crippen molar-refractivity contribution in [3.8, 4) is 5.75 Å². The van der Waals surface area contributed by atoms with E-state index in [9.17, 15) is 4.39 Å². The van der Waals surface area contributed by atoms with Crippen LogP contribution in [-0.2, 0) is 4.84 Å². The van der Waals surface area contributed by atoms with Crippen molar-refractivity contribution in [3.05, 3.63) is 30.1 Å².